The first-order valence-electron chi connectivity index (χ1n) is 13.3. The van der Waals surface area contributed by atoms with Crippen molar-refractivity contribution in [3.05, 3.63) is 76.6 Å². The zero-order valence-corrected chi connectivity index (χ0v) is 21.9. The van der Waals surface area contributed by atoms with Gasteiger partial charge in [0.05, 0.1) is 29.9 Å². The van der Waals surface area contributed by atoms with E-state index in [0.717, 1.165) is 36.2 Å². The van der Waals surface area contributed by atoms with Crippen molar-refractivity contribution < 1.29 is 19.1 Å². The molecule has 0 bridgehead atoms. The Labute approximate surface area is 221 Å². The molecule has 1 aromatic heterocycles. The Balaban J connectivity index is 1.15. The fourth-order valence-corrected chi connectivity index (χ4v) is 6.11. The quantitative estimate of drug-likeness (QED) is 0.478. The molecule has 1 aliphatic heterocycles. The number of nitrogens with zero attached hydrogens (tertiary/aromatic N) is 3. The van der Waals surface area contributed by atoms with Gasteiger partial charge in [0.1, 0.15) is 18.1 Å². The lowest BCUT2D eigenvalue weighted by Gasteiger charge is -2.24. The lowest BCUT2D eigenvalue weighted by molar-refractivity contribution is 0.0335. The number of amides is 2. The van der Waals surface area contributed by atoms with Crippen molar-refractivity contribution in [2.24, 2.45) is 11.8 Å². The highest BCUT2D eigenvalue weighted by Crippen LogP contribution is 2.53. The number of hydrogen-bond acceptors (Lipinski definition) is 6. The molecule has 2 saturated carbocycles. The number of carbonyl (C=O) groups excluding carboxylic acids is 2. The molecule has 198 valence electrons. The van der Waals surface area contributed by atoms with Crippen LogP contribution < -0.4 is 15.4 Å². The third kappa shape index (κ3) is 4.24. The van der Waals surface area contributed by atoms with Crippen LogP contribution in [0.2, 0.25) is 0 Å². The van der Waals surface area contributed by atoms with Crippen molar-refractivity contribution in [3.8, 4) is 5.75 Å². The Kier molecular flexibility index (Phi) is 6.18. The SMILES string of the molecule is CCn1cc(COC2C[C@@H]3C(NC(=O)c4cc(C(=O)NC)c5c(c4)[C@](C)(c4ccccc4)CO5)[C@@H]3C2)nn1. The van der Waals surface area contributed by atoms with Crippen LogP contribution in [0.15, 0.2) is 48.7 Å². The fourth-order valence-electron chi connectivity index (χ4n) is 6.11. The molecular weight excluding hydrogens is 482 g/mol. The van der Waals surface area contributed by atoms with Crippen molar-refractivity contribution in [2.75, 3.05) is 13.7 Å². The molecule has 2 fully saturated rings. The van der Waals surface area contributed by atoms with E-state index >= 15 is 0 Å². The van der Waals surface area contributed by atoms with Gasteiger partial charge in [-0.2, -0.15) is 0 Å². The van der Waals surface area contributed by atoms with E-state index in [-0.39, 0.29) is 24.0 Å². The minimum Gasteiger partial charge on any atom is -0.491 e. The highest BCUT2D eigenvalue weighted by atomic mass is 16.5. The van der Waals surface area contributed by atoms with Gasteiger partial charge in [-0.25, -0.2) is 0 Å². The van der Waals surface area contributed by atoms with Crippen LogP contribution in [0.5, 0.6) is 5.75 Å². The fraction of sp³-hybridized carbons (Fsp3) is 0.448. The molecule has 0 saturated heterocycles. The Hall–Kier alpha value is -3.72. The second-order valence-corrected chi connectivity index (χ2v) is 10.8. The van der Waals surface area contributed by atoms with Crippen LogP contribution in [0.3, 0.4) is 0 Å². The zero-order chi connectivity index (χ0) is 26.4. The topological polar surface area (TPSA) is 107 Å². The summed E-state index contributed by atoms with van der Waals surface area (Å²) in [6.45, 7) is 5.77. The lowest BCUT2D eigenvalue weighted by atomic mass is 9.77. The summed E-state index contributed by atoms with van der Waals surface area (Å²) < 4.78 is 13.9. The molecular formula is C29H33N5O4. The van der Waals surface area contributed by atoms with Crippen molar-refractivity contribution in [1.82, 2.24) is 25.6 Å². The van der Waals surface area contributed by atoms with E-state index in [1.807, 2.05) is 37.4 Å². The number of benzene rings is 2. The van der Waals surface area contributed by atoms with Gasteiger partial charge < -0.3 is 20.1 Å². The minimum absolute atomic E-state index is 0.136. The number of aryl methyl sites for hydroxylation is 1. The molecule has 0 radical (unpaired) electrons. The first-order chi connectivity index (χ1) is 18.4. The second kappa shape index (κ2) is 9.54. The van der Waals surface area contributed by atoms with Gasteiger partial charge in [0, 0.05) is 30.8 Å². The summed E-state index contributed by atoms with van der Waals surface area (Å²) in [6.07, 6.45) is 3.93. The number of rotatable bonds is 8. The van der Waals surface area contributed by atoms with E-state index < -0.39 is 5.41 Å². The van der Waals surface area contributed by atoms with Crippen molar-refractivity contribution in [1.29, 1.82) is 0 Å². The van der Waals surface area contributed by atoms with Gasteiger partial charge in [0.25, 0.3) is 11.8 Å². The second-order valence-electron chi connectivity index (χ2n) is 10.8. The highest BCUT2D eigenvalue weighted by molar-refractivity contribution is 6.02. The molecule has 0 spiro atoms. The maximum atomic E-state index is 13.4. The van der Waals surface area contributed by atoms with Crippen LogP contribution in [0.4, 0.5) is 0 Å². The third-order valence-electron chi connectivity index (χ3n) is 8.41. The van der Waals surface area contributed by atoms with E-state index in [1.165, 1.54) is 0 Å². The number of fused-ring (bicyclic) bond motifs is 2. The van der Waals surface area contributed by atoms with E-state index in [4.69, 9.17) is 9.47 Å². The molecule has 2 aliphatic carbocycles. The molecule has 9 nitrogen and oxygen atoms in total. The minimum atomic E-state index is -0.460. The molecule has 38 heavy (non-hydrogen) atoms. The Morgan fingerprint density at radius 3 is 2.61 bits per heavy atom. The maximum Gasteiger partial charge on any atom is 0.254 e. The third-order valence-corrected chi connectivity index (χ3v) is 8.41. The molecule has 2 aromatic carbocycles. The molecule has 2 heterocycles. The Morgan fingerprint density at radius 1 is 1.16 bits per heavy atom. The Morgan fingerprint density at radius 2 is 1.92 bits per heavy atom. The number of nitrogens with one attached hydrogen (secondary N) is 2. The molecule has 6 rings (SSSR count). The number of hydrogen-bond donors (Lipinski definition) is 2. The summed E-state index contributed by atoms with van der Waals surface area (Å²) >= 11 is 0. The Bertz CT molecular complexity index is 1360. The van der Waals surface area contributed by atoms with Crippen LogP contribution in [0.25, 0.3) is 0 Å². The summed E-state index contributed by atoms with van der Waals surface area (Å²) in [5.74, 6) is 0.959. The first kappa shape index (κ1) is 24.6. The summed E-state index contributed by atoms with van der Waals surface area (Å²) in [5, 5.41) is 14.1. The first-order valence-corrected chi connectivity index (χ1v) is 13.3. The molecule has 3 aliphatic rings. The van der Waals surface area contributed by atoms with Gasteiger partial charge in [-0.1, -0.05) is 35.5 Å². The molecule has 2 unspecified atom stereocenters. The summed E-state index contributed by atoms with van der Waals surface area (Å²) in [5.41, 5.74) is 3.19. The van der Waals surface area contributed by atoms with Crippen molar-refractivity contribution in [2.45, 2.75) is 57.4 Å². The smallest absolute Gasteiger partial charge is 0.254 e. The average Bonchev–Trinajstić information content (AvgIpc) is 3.37. The van der Waals surface area contributed by atoms with E-state index in [1.54, 1.807) is 17.8 Å². The van der Waals surface area contributed by atoms with E-state index in [9.17, 15) is 9.59 Å². The van der Waals surface area contributed by atoms with Crippen LogP contribution in [0.1, 0.15) is 64.2 Å². The van der Waals surface area contributed by atoms with E-state index in [2.05, 4.69) is 40.0 Å². The summed E-state index contributed by atoms with van der Waals surface area (Å²) in [6, 6.07) is 13.8. The van der Waals surface area contributed by atoms with Crippen molar-refractivity contribution in [3.63, 3.8) is 0 Å². The molecule has 2 N–H and O–H groups in total. The number of aromatic nitrogens is 3. The van der Waals surface area contributed by atoms with E-state index in [0.29, 0.717) is 41.9 Å². The predicted octanol–water partition coefficient (Wildman–Crippen LogP) is 3.08. The van der Waals surface area contributed by atoms with Gasteiger partial charge in [-0.3, -0.25) is 14.3 Å². The van der Waals surface area contributed by atoms with Gasteiger partial charge in [0.15, 0.2) is 0 Å². The predicted molar refractivity (Wildman–Crippen MR) is 140 cm³/mol. The maximum absolute atomic E-state index is 13.4. The van der Waals surface area contributed by atoms with Gasteiger partial charge in [-0.15, -0.1) is 5.10 Å². The van der Waals surface area contributed by atoms with Crippen LogP contribution >= 0.6 is 0 Å². The molecule has 5 atom stereocenters. The van der Waals surface area contributed by atoms with Crippen LogP contribution in [0, 0.1) is 11.8 Å². The monoisotopic (exact) mass is 515 g/mol. The number of carbonyl (C=O) groups is 2. The lowest BCUT2D eigenvalue weighted by Crippen LogP contribution is -2.31. The highest BCUT2D eigenvalue weighted by Gasteiger charge is 2.57. The van der Waals surface area contributed by atoms with Gasteiger partial charge in [-0.05, 0) is 56.2 Å². The van der Waals surface area contributed by atoms with Gasteiger partial charge >= 0.3 is 0 Å². The molecule has 2 amide bonds. The normalized spacial score (nSPS) is 26.8. The number of ether oxygens (including phenoxy) is 2. The van der Waals surface area contributed by atoms with Gasteiger partial charge in [0.2, 0.25) is 0 Å². The van der Waals surface area contributed by atoms with Crippen LogP contribution in [-0.4, -0.2) is 52.6 Å². The summed E-state index contributed by atoms with van der Waals surface area (Å²) in [7, 11) is 1.59. The molecule has 3 aromatic rings. The summed E-state index contributed by atoms with van der Waals surface area (Å²) in [4.78, 5) is 26.2. The molecule has 9 heteroatoms. The zero-order valence-electron chi connectivity index (χ0n) is 21.9. The van der Waals surface area contributed by atoms with Crippen molar-refractivity contribution >= 4 is 11.8 Å². The average molecular weight is 516 g/mol. The largest absolute Gasteiger partial charge is 0.491 e. The standard InChI is InChI=1S/C29H33N5O4/c1-4-34-14-19(32-33-34)15-37-20-12-21-22(13-20)25(21)31-27(35)17-10-23(28(36)30-3)26-24(11-17)29(2,16-38-26)18-8-6-5-7-9-18/h5-11,14,20-22,25H,4,12-13,15-16H2,1-3H3,(H,30,36)(H,31,35)/t20?,21-,22+,25?,29-/m0/s1. The van der Waals surface area contributed by atoms with Crippen LogP contribution in [-0.2, 0) is 23.3 Å².